The molecule has 1 heterocycles. The van der Waals surface area contributed by atoms with Crippen molar-refractivity contribution in [2.24, 2.45) is 0 Å². The van der Waals surface area contributed by atoms with Crippen molar-refractivity contribution < 1.29 is 22.0 Å². The minimum absolute atomic E-state index is 0.0540. The van der Waals surface area contributed by atoms with Crippen LogP contribution in [0.5, 0.6) is 0 Å². The number of benzene rings is 2. The molecule has 3 aromatic rings. The highest BCUT2D eigenvalue weighted by molar-refractivity contribution is 7.89. The lowest BCUT2D eigenvalue weighted by Gasteiger charge is -2.07. The van der Waals surface area contributed by atoms with Crippen molar-refractivity contribution in [3.8, 4) is 11.3 Å². The first-order valence-corrected chi connectivity index (χ1v) is 8.86. The maximum atomic E-state index is 13.8. The van der Waals surface area contributed by atoms with E-state index in [0.29, 0.717) is 11.3 Å². The Morgan fingerprint density at radius 2 is 1.80 bits per heavy atom. The summed E-state index contributed by atoms with van der Waals surface area (Å²) in [5.74, 6) is -0.742. The second-order valence-corrected chi connectivity index (χ2v) is 7.03. The van der Waals surface area contributed by atoms with Gasteiger partial charge in [0, 0.05) is 11.1 Å². The van der Waals surface area contributed by atoms with E-state index >= 15 is 0 Å². The third-order valence-corrected chi connectivity index (χ3v) is 4.92. The molecule has 3 rings (SSSR count). The van der Waals surface area contributed by atoms with Crippen molar-refractivity contribution in [2.75, 3.05) is 6.54 Å². The first kappa shape index (κ1) is 17.1. The van der Waals surface area contributed by atoms with Gasteiger partial charge in [-0.25, -0.2) is 17.5 Å². The van der Waals surface area contributed by atoms with Crippen LogP contribution in [0.4, 0.5) is 4.39 Å². The molecule has 0 spiro atoms. The summed E-state index contributed by atoms with van der Waals surface area (Å²) in [6.45, 7) is -0.474. The molecule has 7 heteroatoms. The Hall–Kier alpha value is -2.77. The third kappa shape index (κ3) is 4.01. The van der Waals surface area contributed by atoms with E-state index in [1.807, 2.05) is 0 Å². The largest absolute Gasteiger partial charge is 0.464 e. The van der Waals surface area contributed by atoms with Crippen LogP contribution in [0.15, 0.2) is 76.2 Å². The molecule has 0 aliphatic carbocycles. The summed E-state index contributed by atoms with van der Waals surface area (Å²) >= 11 is 0. The molecular formula is C18H14FNO4S. The fraction of sp³-hybridized carbons (Fsp3) is 0.0556. The van der Waals surface area contributed by atoms with E-state index in [1.165, 1.54) is 30.5 Å². The molecular weight excluding hydrogens is 345 g/mol. The zero-order chi connectivity index (χ0) is 17.9. The summed E-state index contributed by atoms with van der Waals surface area (Å²) < 4.78 is 45.5. The lowest BCUT2D eigenvalue weighted by Crippen LogP contribution is -2.29. The molecule has 5 nitrogen and oxygen atoms in total. The molecule has 0 saturated heterocycles. The smallest absolute Gasteiger partial charge is 0.240 e. The zero-order valence-corrected chi connectivity index (χ0v) is 13.8. The number of ketones is 1. The number of sulfonamides is 1. The van der Waals surface area contributed by atoms with Crippen molar-refractivity contribution in [2.45, 2.75) is 4.90 Å². The number of carbonyl (C=O) groups is 1. The molecule has 0 aliphatic heterocycles. The SMILES string of the molecule is O=C(CNS(=O)(=O)c1ccccc1)c1cc(F)cc(-c2ccco2)c1. The molecule has 0 bridgehead atoms. The maximum Gasteiger partial charge on any atom is 0.240 e. The van der Waals surface area contributed by atoms with E-state index in [2.05, 4.69) is 4.72 Å². The number of carbonyl (C=O) groups excluding carboxylic acids is 1. The van der Waals surface area contributed by atoms with Gasteiger partial charge in [-0.3, -0.25) is 4.79 Å². The molecule has 0 unspecified atom stereocenters. The standard InChI is InChI=1S/C18H14FNO4S/c19-15-10-13(9-14(11-15)18-7-4-8-24-18)17(21)12-20-25(22,23)16-5-2-1-3-6-16/h1-11,20H,12H2. The average molecular weight is 359 g/mol. The maximum absolute atomic E-state index is 13.8. The molecule has 0 fully saturated rings. The van der Waals surface area contributed by atoms with Gasteiger partial charge in [0.2, 0.25) is 10.0 Å². The van der Waals surface area contributed by atoms with E-state index in [9.17, 15) is 17.6 Å². The normalized spacial score (nSPS) is 11.4. The fourth-order valence-electron chi connectivity index (χ4n) is 2.28. The number of halogens is 1. The minimum atomic E-state index is -3.81. The molecule has 0 atom stereocenters. The number of hydrogen-bond donors (Lipinski definition) is 1. The van der Waals surface area contributed by atoms with E-state index in [-0.39, 0.29) is 10.5 Å². The monoisotopic (exact) mass is 359 g/mol. The molecule has 0 aliphatic rings. The highest BCUT2D eigenvalue weighted by Gasteiger charge is 2.17. The van der Waals surface area contributed by atoms with Gasteiger partial charge in [0.15, 0.2) is 5.78 Å². The number of rotatable bonds is 6. The van der Waals surface area contributed by atoms with Crippen LogP contribution < -0.4 is 4.72 Å². The van der Waals surface area contributed by atoms with Gasteiger partial charge in [0.1, 0.15) is 11.6 Å². The van der Waals surface area contributed by atoms with Gasteiger partial charge < -0.3 is 4.42 Å². The van der Waals surface area contributed by atoms with Crippen molar-refractivity contribution in [3.05, 3.63) is 78.3 Å². The fourth-order valence-corrected chi connectivity index (χ4v) is 3.28. The molecule has 0 amide bonds. The molecule has 0 saturated carbocycles. The molecule has 1 N–H and O–H groups in total. The van der Waals surface area contributed by atoms with Crippen LogP contribution in [-0.2, 0) is 10.0 Å². The Bertz CT molecular complexity index is 983. The van der Waals surface area contributed by atoms with Gasteiger partial charge in [-0.1, -0.05) is 18.2 Å². The number of Topliss-reactive ketones (excluding diaryl/α,β-unsaturated/α-hetero) is 1. The van der Waals surface area contributed by atoms with Crippen LogP contribution in [-0.4, -0.2) is 20.7 Å². The van der Waals surface area contributed by atoms with Crippen LogP contribution >= 0.6 is 0 Å². The summed E-state index contributed by atoms with van der Waals surface area (Å²) in [5, 5.41) is 0. The van der Waals surface area contributed by atoms with Crippen LogP contribution in [0, 0.1) is 5.82 Å². The molecule has 0 radical (unpaired) electrons. The lowest BCUT2D eigenvalue weighted by molar-refractivity contribution is 0.0996. The van der Waals surface area contributed by atoms with Gasteiger partial charge in [0.05, 0.1) is 17.7 Å². The predicted molar refractivity (Wildman–Crippen MR) is 90.1 cm³/mol. The van der Waals surface area contributed by atoms with Crippen molar-refractivity contribution >= 4 is 15.8 Å². The van der Waals surface area contributed by atoms with Crippen molar-refractivity contribution in [1.29, 1.82) is 0 Å². The molecule has 1 aromatic heterocycles. The Kier molecular flexibility index (Phi) is 4.78. The Balaban J connectivity index is 1.78. The van der Waals surface area contributed by atoms with Gasteiger partial charge >= 0.3 is 0 Å². The van der Waals surface area contributed by atoms with Crippen LogP contribution in [0.25, 0.3) is 11.3 Å². The first-order chi connectivity index (χ1) is 12.0. The summed E-state index contributed by atoms with van der Waals surface area (Å²) in [7, 11) is -3.81. The average Bonchev–Trinajstić information content (AvgIpc) is 3.15. The molecule has 2 aromatic carbocycles. The lowest BCUT2D eigenvalue weighted by atomic mass is 10.1. The Labute approximate surface area is 144 Å². The Morgan fingerprint density at radius 3 is 2.48 bits per heavy atom. The predicted octanol–water partition coefficient (Wildman–Crippen LogP) is 3.25. The summed E-state index contributed by atoms with van der Waals surface area (Å²) in [5.41, 5.74) is 0.460. The van der Waals surface area contributed by atoms with Crippen molar-refractivity contribution in [1.82, 2.24) is 4.72 Å². The van der Waals surface area contributed by atoms with E-state index in [4.69, 9.17) is 4.42 Å². The first-order valence-electron chi connectivity index (χ1n) is 7.38. The minimum Gasteiger partial charge on any atom is -0.464 e. The molecule has 128 valence electrons. The topological polar surface area (TPSA) is 76.4 Å². The van der Waals surface area contributed by atoms with Crippen LogP contribution in [0.1, 0.15) is 10.4 Å². The second kappa shape index (κ2) is 7.00. The van der Waals surface area contributed by atoms with Crippen molar-refractivity contribution in [3.63, 3.8) is 0 Å². The summed E-state index contributed by atoms with van der Waals surface area (Å²) in [4.78, 5) is 12.3. The van der Waals surface area contributed by atoms with E-state index in [1.54, 1.807) is 30.3 Å². The number of hydrogen-bond acceptors (Lipinski definition) is 4. The third-order valence-electron chi connectivity index (χ3n) is 3.50. The van der Waals surface area contributed by atoms with Crippen LogP contribution in [0.2, 0.25) is 0 Å². The number of furan rings is 1. The summed E-state index contributed by atoms with van der Waals surface area (Å²) in [6, 6.07) is 14.7. The highest BCUT2D eigenvalue weighted by atomic mass is 32.2. The highest BCUT2D eigenvalue weighted by Crippen LogP contribution is 2.22. The quantitative estimate of drug-likeness (QED) is 0.686. The Morgan fingerprint density at radius 1 is 1.04 bits per heavy atom. The van der Waals surface area contributed by atoms with Crippen LogP contribution in [0.3, 0.4) is 0 Å². The summed E-state index contributed by atoms with van der Waals surface area (Å²) in [6.07, 6.45) is 1.44. The molecule has 25 heavy (non-hydrogen) atoms. The van der Waals surface area contributed by atoms with Gasteiger partial charge in [-0.05, 0) is 42.5 Å². The number of nitrogens with one attached hydrogen (secondary N) is 1. The van der Waals surface area contributed by atoms with E-state index < -0.39 is 28.2 Å². The van der Waals surface area contributed by atoms with Gasteiger partial charge in [0.25, 0.3) is 0 Å². The van der Waals surface area contributed by atoms with Gasteiger partial charge in [-0.2, -0.15) is 0 Å². The second-order valence-electron chi connectivity index (χ2n) is 5.27. The van der Waals surface area contributed by atoms with Gasteiger partial charge in [-0.15, -0.1) is 0 Å². The van der Waals surface area contributed by atoms with E-state index in [0.717, 1.165) is 6.07 Å². The zero-order valence-electron chi connectivity index (χ0n) is 13.0.